The van der Waals surface area contributed by atoms with Gasteiger partial charge in [-0.05, 0) is 48.4 Å². The van der Waals surface area contributed by atoms with E-state index in [0.717, 1.165) is 18.5 Å². The highest BCUT2D eigenvalue weighted by atomic mass is 32.1. The van der Waals surface area contributed by atoms with Gasteiger partial charge in [0.05, 0.1) is 18.7 Å². The number of benzene rings is 1. The Morgan fingerprint density at radius 2 is 2.13 bits per heavy atom. The molecule has 1 N–H and O–H groups in total. The average molecular weight is 435 g/mol. The predicted octanol–water partition coefficient (Wildman–Crippen LogP) is 3.73. The number of carbonyl (C=O) groups is 1. The lowest BCUT2D eigenvalue weighted by Gasteiger charge is -2.37. The fourth-order valence-corrected chi connectivity index (χ4v) is 4.91. The minimum Gasteiger partial charge on any atom is -0.491 e. The molecule has 0 fully saturated rings. The Kier molecular flexibility index (Phi) is 7.86. The van der Waals surface area contributed by atoms with Crippen LogP contribution in [0.25, 0.3) is 0 Å². The molecular formula is C23H31FN2O3S. The zero-order valence-electron chi connectivity index (χ0n) is 17.9. The summed E-state index contributed by atoms with van der Waals surface area (Å²) < 4.78 is 19.4. The quantitative estimate of drug-likeness (QED) is 0.653. The molecule has 0 radical (unpaired) electrons. The highest BCUT2D eigenvalue weighted by Crippen LogP contribution is 2.34. The van der Waals surface area contributed by atoms with Crippen LogP contribution >= 0.6 is 11.3 Å². The topological polar surface area (TPSA) is 53.0 Å². The van der Waals surface area contributed by atoms with E-state index in [1.807, 2.05) is 15.2 Å². The Morgan fingerprint density at radius 3 is 2.83 bits per heavy atom. The van der Waals surface area contributed by atoms with Crippen molar-refractivity contribution in [2.24, 2.45) is 5.92 Å². The maximum atomic E-state index is 13.5. The van der Waals surface area contributed by atoms with Gasteiger partial charge in [-0.25, -0.2) is 4.39 Å². The van der Waals surface area contributed by atoms with Gasteiger partial charge in [0.1, 0.15) is 18.2 Å². The molecule has 30 heavy (non-hydrogen) atoms. The number of aliphatic hydroxyl groups is 1. The van der Waals surface area contributed by atoms with E-state index >= 15 is 0 Å². The molecule has 1 aliphatic heterocycles. The first kappa shape index (κ1) is 22.7. The van der Waals surface area contributed by atoms with Crippen molar-refractivity contribution in [1.82, 2.24) is 9.80 Å². The van der Waals surface area contributed by atoms with Gasteiger partial charge >= 0.3 is 0 Å². The van der Waals surface area contributed by atoms with E-state index in [-0.39, 0.29) is 30.9 Å². The van der Waals surface area contributed by atoms with Crippen molar-refractivity contribution in [3.05, 3.63) is 52.0 Å². The molecule has 2 atom stereocenters. The maximum absolute atomic E-state index is 13.5. The van der Waals surface area contributed by atoms with E-state index in [4.69, 9.17) is 4.74 Å². The molecule has 1 amide bonds. The second kappa shape index (κ2) is 10.4. The molecule has 0 aliphatic carbocycles. The van der Waals surface area contributed by atoms with Gasteiger partial charge in [0, 0.05) is 30.6 Å². The second-order valence-electron chi connectivity index (χ2n) is 8.36. The van der Waals surface area contributed by atoms with E-state index in [2.05, 4.69) is 19.9 Å². The zero-order valence-corrected chi connectivity index (χ0v) is 18.7. The number of fused-ring (bicyclic) bond motifs is 1. The fraction of sp³-hybridized carbons (Fsp3) is 0.522. The summed E-state index contributed by atoms with van der Waals surface area (Å²) in [7, 11) is 0. The molecule has 3 rings (SSSR count). The molecule has 2 heterocycles. The van der Waals surface area contributed by atoms with Crippen molar-refractivity contribution in [3.8, 4) is 5.75 Å². The number of ether oxygens (including phenoxy) is 1. The Labute approximate surface area is 182 Å². The van der Waals surface area contributed by atoms with Gasteiger partial charge in [0.2, 0.25) is 5.91 Å². The van der Waals surface area contributed by atoms with Crippen LogP contribution in [0, 0.1) is 11.7 Å². The molecule has 2 aromatic rings. The molecule has 5 nitrogen and oxygen atoms in total. The van der Waals surface area contributed by atoms with Crippen molar-refractivity contribution in [1.29, 1.82) is 0 Å². The van der Waals surface area contributed by atoms with Crippen LogP contribution in [-0.4, -0.2) is 59.7 Å². The zero-order chi connectivity index (χ0) is 21.7. The number of nitrogens with zero attached hydrogens (tertiary/aromatic N) is 2. The molecule has 2 unspecified atom stereocenters. The molecule has 164 valence electrons. The minimum absolute atomic E-state index is 0.0287. The Balaban J connectivity index is 1.74. The third-order valence-corrected chi connectivity index (χ3v) is 6.12. The van der Waals surface area contributed by atoms with Gasteiger partial charge < -0.3 is 14.7 Å². The third kappa shape index (κ3) is 6.03. The second-order valence-corrected chi connectivity index (χ2v) is 9.36. The lowest BCUT2D eigenvalue weighted by Crippen LogP contribution is -2.48. The van der Waals surface area contributed by atoms with Crippen LogP contribution in [0.3, 0.4) is 0 Å². The van der Waals surface area contributed by atoms with E-state index in [1.54, 1.807) is 30.4 Å². The van der Waals surface area contributed by atoms with Crippen LogP contribution < -0.4 is 4.74 Å². The molecular weight excluding hydrogens is 403 g/mol. The maximum Gasteiger partial charge on any atom is 0.237 e. The Hall–Kier alpha value is -1.96. The van der Waals surface area contributed by atoms with Gasteiger partial charge in [0.25, 0.3) is 0 Å². The summed E-state index contributed by atoms with van der Waals surface area (Å²) in [6.45, 7) is 8.34. The van der Waals surface area contributed by atoms with E-state index in [1.165, 1.54) is 17.0 Å². The van der Waals surface area contributed by atoms with Crippen LogP contribution in [0.5, 0.6) is 5.75 Å². The summed E-state index contributed by atoms with van der Waals surface area (Å²) in [6, 6.07) is 7.93. The number of halogens is 1. The molecule has 1 aromatic carbocycles. The Bertz CT molecular complexity index is 829. The molecule has 7 heteroatoms. The van der Waals surface area contributed by atoms with Crippen LogP contribution in [0.2, 0.25) is 0 Å². The average Bonchev–Trinajstić information content (AvgIpc) is 3.14. The summed E-state index contributed by atoms with van der Waals surface area (Å²) in [5.74, 6) is 0.539. The first-order valence-electron chi connectivity index (χ1n) is 10.5. The number of rotatable bonds is 9. The summed E-state index contributed by atoms with van der Waals surface area (Å²) in [5.41, 5.74) is 1.11. The lowest BCUT2D eigenvalue weighted by atomic mass is 10.00. The van der Waals surface area contributed by atoms with Crippen molar-refractivity contribution in [3.63, 3.8) is 0 Å². The number of aliphatic hydroxyl groups excluding tert-OH is 1. The number of hydrogen-bond acceptors (Lipinski definition) is 5. The van der Waals surface area contributed by atoms with E-state index < -0.39 is 6.10 Å². The normalized spacial score (nSPS) is 17.3. The van der Waals surface area contributed by atoms with Crippen molar-refractivity contribution in [2.45, 2.75) is 39.3 Å². The molecule has 0 bridgehead atoms. The van der Waals surface area contributed by atoms with Crippen LogP contribution in [-0.2, 0) is 11.2 Å². The molecule has 1 aliphatic rings. The highest BCUT2D eigenvalue weighted by molar-refractivity contribution is 7.10. The summed E-state index contributed by atoms with van der Waals surface area (Å²) in [5, 5.41) is 11.9. The van der Waals surface area contributed by atoms with Crippen molar-refractivity contribution >= 4 is 17.2 Å². The van der Waals surface area contributed by atoms with Gasteiger partial charge in [-0.15, -0.1) is 11.3 Å². The fourth-order valence-electron chi connectivity index (χ4n) is 3.98. The summed E-state index contributed by atoms with van der Waals surface area (Å²) in [6.07, 6.45) is 0.337. The third-order valence-electron chi connectivity index (χ3n) is 5.12. The first-order chi connectivity index (χ1) is 14.3. The van der Waals surface area contributed by atoms with Gasteiger partial charge in [-0.3, -0.25) is 9.69 Å². The van der Waals surface area contributed by atoms with Crippen molar-refractivity contribution < 1.29 is 19.0 Å². The van der Waals surface area contributed by atoms with E-state index in [9.17, 15) is 14.3 Å². The molecule has 0 saturated carbocycles. The smallest absolute Gasteiger partial charge is 0.237 e. The largest absolute Gasteiger partial charge is 0.491 e. The van der Waals surface area contributed by atoms with Gasteiger partial charge in [-0.1, -0.05) is 19.9 Å². The Morgan fingerprint density at radius 1 is 1.33 bits per heavy atom. The van der Waals surface area contributed by atoms with Crippen LogP contribution in [0.4, 0.5) is 4.39 Å². The standard InChI is InChI=1S/C23H31FN2O3S/c1-16(2)12-25(13-17(3)27)14-23(28)26-9-7-22-20(8-10-30-22)21(26)15-29-19-6-4-5-18(24)11-19/h4-6,8,10-11,16-17,21,27H,7,9,12-15H2,1-3H3. The number of amides is 1. The van der Waals surface area contributed by atoms with Crippen LogP contribution in [0.15, 0.2) is 35.7 Å². The first-order valence-corrected chi connectivity index (χ1v) is 11.4. The number of thiophene rings is 1. The molecule has 0 saturated heterocycles. The highest BCUT2D eigenvalue weighted by Gasteiger charge is 2.33. The SMILES string of the molecule is CC(C)CN(CC(=O)N1CCc2sccc2C1COc1cccc(F)c1)CC(C)O. The number of carbonyl (C=O) groups excluding carboxylic acids is 1. The monoisotopic (exact) mass is 434 g/mol. The van der Waals surface area contributed by atoms with Gasteiger partial charge in [0.15, 0.2) is 0 Å². The predicted molar refractivity (Wildman–Crippen MR) is 117 cm³/mol. The summed E-state index contributed by atoms with van der Waals surface area (Å²) in [4.78, 5) is 18.4. The van der Waals surface area contributed by atoms with Crippen molar-refractivity contribution in [2.75, 3.05) is 32.8 Å². The number of hydrogen-bond donors (Lipinski definition) is 1. The molecule has 0 spiro atoms. The lowest BCUT2D eigenvalue weighted by molar-refractivity contribution is -0.136. The minimum atomic E-state index is -0.492. The van der Waals surface area contributed by atoms with Crippen LogP contribution in [0.1, 0.15) is 37.3 Å². The molecule has 1 aromatic heterocycles. The van der Waals surface area contributed by atoms with E-state index in [0.29, 0.717) is 24.8 Å². The van der Waals surface area contributed by atoms with Gasteiger partial charge in [-0.2, -0.15) is 0 Å². The summed E-state index contributed by atoms with van der Waals surface area (Å²) >= 11 is 1.70.